The summed E-state index contributed by atoms with van der Waals surface area (Å²) in [5.41, 5.74) is 5.86. The Morgan fingerprint density at radius 2 is 1.94 bits per heavy atom. The lowest BCUT2D eigenvalue weighted by atomic mass is 9.93. The number of hydrogen-bond donors (Lipinski definition) is 2. The maximum absolute atomic E-state index is 12.8. The van der Waals surface area contributed by atoms with Crippen LogP contribution in [0.25, 0.3) is 0 Å². The van der Waals surface area contributed by atoms with Crippen molar-refractivity contribution in [3.63, 3.8) is 0 Å². The van der Waals surface area contributed by atoms with Crippen LogP contribution >= 0.6 is 0 Å². The number of nitrogens with one attached hydrogen (secondary N) is 2. The summed E-state index contributed by atoms with van der Waals surface area (Å²) in [6.07, 6.45) is 5.31. The van der Waals surface area contributed by atoms with Gasteiger partial charge in [-0.3, -0.25) is 14.6 Å². The van der Waals surface area contributed by atoms with Gasteiger partial charge in [0.15, 0.2) is 5.76 Å². The fourth-order valence-corrected chi connectivity index (χ4v) is 3.57. The number of benzene rings is 1. The number of hydrazone groups is 1. The first-order valence-corrected chi connectivity index (χ1v) is 9.91. The van der Waals surface area contributed by atoms with Gasteiger partial charge in [-0.15, -0.1) is 0 Å². The Balaban J connectivity index is 1.56. The van der Waals surface area contributed by atoms with Crippen LogP contribution in [0.3, 0.4) is 0 Å². The molecule has 0 unspecified atom stereocenters. The summed E-state index contributed by atoms with van der Waals surface area (Å²) in [6.45, 7) is 1.83. The zero-order valence-electron chi connectivity index (χ0n) is 17.3. The minimum absolute atomic E-state index is 0.239. The van der Waals surface area contributed by atoms with E-state index < -0.39 is 0 Å². The van der Waals surface area contributed by atoms with E-state index in [0.717, 1.165) is 12.0 Å². The molecule has 2 aromatic heterocycles. The summed E-state index contributed by atoms with van der Waals surface area (Å²) >= 11 is 0. The molecule has 31 heavy (non-hydrogen) atoms. The zero-order chi connectivity index (χ0) is 21.8. The van der Waals surface area contributed by atoms with E-state index in [1.807, 2.05) is 6.92 Å². The number of carbonyl (C=O) groups is 2. The Morgan fingerprint density at radius 1 is 1.13 bits per heavy atom. The largest absolute Gasteiger partial charge is 0.497 e. The minimum Gasteiger partial charge on any atom is -0.497 e. The van der Waals surface area contributed by atoms with Crippen LogP contribution in [0, 0.1) is 6.92 Å². The number of anilines is 1. The third-order valence-corrected chi connectivity index (χ3v) is 5.09. The summed E-state index contributed by atoms with van der Waals surface area (Å²) in [5.74, 6) is 0.923. The number of methoxy groups -OCH3 is 1. The van der Waals surface area contributed by atoms with Crippen molar-refractivity contribution in [2.45, 2.75) is 26.2 Å². The lowest BCUT2D eigenvalue weighted by molar-refractivity contribution is 0.0953. The number of hydrogen-bond acceptors (Lipinski definition) is 6. The number of rotatable bonds is 5. The molecule has 8 heteroatoms. The second-order valence-corrected chi connectivity index (χ2v) is 7.13. The second kappa shape index (κ2) is 8.83. The van der Waals surface area contributed by atoms with Gasteiger partial charge in [0, 0.05) is 47.3 Å². The molecule has 0 radical (unpaired) electrons. The number of ether oxygens (including phenoxy) is 1. The molecule has 0 atom stereocenters. The Morgan fingerprint density at radius 3 is 2.71 bits per heavy atom. The van der Waals surface area contributed by atoms with Gasteiger partial charge in [0.05, 0.1) is 12.8 Å². The molecule has 3 aromatic rings. The average molecular weight is 418 g/mol. The van der Waals surface area contributed by atoms with Crippen molar-refractivity contribution in [2.75, 3.05) is 12.4 Å². The van der Waals surface area contributed by atoms with Crippen LogP contribution in [-0.2, 0) is 6.42 Å². The van der Waals surface area contributed by atoms with Gasteiger partial charge in [0.2, 0.25) is 0 Å². The molecular weight excluding hydrogens is 396 g/mol. The number of aromatic nitrogens is 1. The molecule has 0 aliphatic heterocycles. The Hall–Kier alpha value is -3.94. The highest BCUT2D eigenvalue weighted by Crippen LogP contribution is 2.30. The van der Waals surface area contributed by atoms with Gasteiger partial charge in [-0.2, -0.15) is 5.10 Å². The maximum atomic E-state index is 12.8. The highest BCUT2D eigenvalue weighted by molar-refractivity contribution is 6.09. The predicted molar refractivity (Wildman–Crippen MR) is 116 cm³/mol. The van der Waals surface area contributed by atoms with Crippen molar-refractivity contribution in [2.24, 2.45) is 5.10 Å². The first-order chi connectivity index (χ1) is 15.1. The van der Waals surface area contributed by atoms with Crippen molar-refractivity contribution in [3.05, 3.63) is 77.0 Å². The van der Waals surface area contributed by atoms with Crippen LogP contribution in [0.5, 0.6) is 5.75 Å². The van der Waals surface area contributed by atoms with Crippen molar-refractivity contribution >= 4 is 23.2 Å². The van der Waals surface area contributed by atoms with Gasteiger partial charge in [0.1, 0.15) is 11.5 Å². The molecule has 0 saturated heterocycles. The van der Waals surface area contributed by atoms with E-state index in [1.54, 1.807) is 55.9 Å². The summed E-state index contributed by atoms with van der Waals surface area (Å²) in [5, 5.41) is 7.17. The zero-order valence-corrected chi connectivity index (χ0v) is 17.3. The van der Waals surface area contributed by atoms with Crippen LogP contribution < -0.4 is 15.5 Å². The number of amides is 2. The van der Waals surface area contributed by atoms with Crippen molar-refractivity contribution < 1.29 is 18.7 Å². The first kappa shape index (κ1) is 20.3. The number of fused-ring (bicyclic) bond motifs is 1. The molecule has 2 heterocycles. The van der Waals surface area contributed by atoms with Crippen molar-refractivity contribution in [1.29, 1.82) is 0 Å². The van der Waals surface area contributed by atoms with E-state index in [4.69, 9.17) is 9.15 Å². The quantitative estimate of drug-likeness (QED) is 0.615. The Kier molecular flexibility index (Phi) is 5.79. The predicted octanol–water partition coefficient (Wildman–Crippen LogP) is 3.71. The fraction of sp³-hybridized carbons (Fsp3) is 0.217. The summed E-state index contributed by atoms with van der Waals surface area (Å²) < 4.78 is 11.1. The topological polar surface area (TPSA) is 106 Å². The fourth-order valence-electron chi connectivity index (χ4n) is 3.57. The van der Waals surface area contributed by atoms with Gasteiger partial charge in [0.25, 0.3) is 11.8 Å². The monoisotopic (exact) mass is 418 g/mol. The molecule has 0 spiro atoms. The van der Waals surface area contributed by atoms with Gasteiger partial charge in [-0.1, -0.05) is 6.07 Å². The summed E-state index contributed by atoms with van der Waals surface area (Å²) in [6, 6.07) is 10.3. The standard InChI is InChI=1S/C23H22N4O4/c1-14-20-18(26-27-22(28)15-9-11-24-12-10-15)7-4-8-19(20)31-21(14)23(29)25-16-5-3-6-17(13-16)30-2/h3,5-6,9-13H,4,7-8H2,1-2H3,(H,25,29)(H,27,28)/b26-18+. The van der Waals surface area contributed by atoms with Crippen LogP contribution in [0.1, 0.15) is 50.6 Å². The third kappa shape index (κ3) is 4.32. The minimum atomic E-state index is -0.347. The van der Waals surface area contributed by atoms with E-state index in [9.17, 15) is 9.59 Å². The molecule has 1 aliphatic carbocycles. The van der Waals surface area contributed by atoms with Gasteiger partial charge >= 0.3 is 0 Å². The lowest BCUT2D eigenvalue weighted by Crippen LogP contribution is -2.22. The van der Waals surface area contributed by atoms with E-state index in [1.165, 1.54) is 0 Å². The molecular formula is C23H22N4O4. The van der Waals surface area contributed by atoms with E-state index >= 15 is 0 Å². The third-order valence-electron chi connectivity index (χ3n) is 5.09. The molecule has 1 aliphatic rings. The average Bonchev–Trinajstić information content (AvgIpc) is 3.15. The number of nitrogens with zero attached hydrogens (tertiary/aromatic N) is 2. The van der Waals surface area contributed by atoms with Gasteiger partial charge in [-0.25, -0.2) is 5.43 Å². The molecule has 158 valence electrons. The van der Waals surface area contributed by atoms with Gasteiger partial charge < -0.3 is 14.5 Å². The van der Waals surface area contributed by atoms with Crippen LogP contribution in [0.2, 0.25) is 0 Å². The number of furan rings is 1. The molecule has 0 bridgehead atoms. The van der Waals surface area contributed by atoms with Crippen LogP contribution in [0.15, 0.2) is 58.3 Å². The first-order valence-electron chi connectivity index (χ1n) is 9.91. The highest BCUT2D eigenvalue weighted by atomic mass is 16.5. The maximum Gasteiger partial charge on any atom is 0.291 e. The number of pyridine rings is 1. The second-order valence-electron chi connectivity index (χ2n) is 7.13. The summed E-state index contributed by atoms with van der Waals surface area (Å²) in [7, 11) is 1.57. The Labute approximate surface area is 179 Å². The highest BCUT2D eigenvalue weighted by Gasteiger charge is 2.28. The molecule has 2 N–H and O–H groups in total. The number of carbonyl (C=O) groups excluding carboxylic acids is 2. The molecule has 2 amide bonds. The van der Waals surface area contributed by atoms with E-state index in [0.29, 0.717) is 46.9 Å². The SMILES string of the molecule is COc1cccc(NC(=O)c2oc3c(c2C)/C(=N/NC(=O)c2ccncc2)CCC3)c1. The normalized spacial score (nSPS) is 14.1. The lowest BCUT2D eigenvalue weighted by Gasteiger charge is -2.13. The molecule has 4 rings (SSSR count). The molecule has 8 nitrogen and oxygen atoms in total. The molecule has 0 fully saturated rings. The van der Waals surface area contributed by atoms with E-state index in [-0.39, 0.29) is 17.6 Å². The smallest absolute Gasteiger partial charge is 0.291 e. The molecule has 0 saturated carbocycles. The van der Waals surface area contributed by atoms with Crippen molar-refractivity contribution in [1.82, 2.24) is 10.4 Å². The van der Waals surface area contributed by atoms with E-state index in [2.05, 4.69) is 20.8 Å². The number of aryl methyl sites for hydroxylation is 1. The molecule has 1 aromatic carbocycles. The van der Waals surface area contributed by atoms with Crippen molar-refractivity contribution in [3.8, 4) is 5.75 Å². The van der Waals surface area contributed by atoms with Crippen LogP contribution in [0.4, 0.5) is 5.69 Å². The van der Waals surface area contributed by atoms with Crippen LogP contribution in [-0.4, -0.2) is 29.6 Å². The van der Waals surface area contributed by atoms with Gasteiger partial charge in [-0.05, 0) is 44.0 Å². The summed E-state index contributed by atoms with van der Waals surface area (Å²) in [4.78, 5) is 29.1. The Bertz CT molecular complexity index is 1150.